The standard InChI is InChI=1S/C18H29NO2/c1-5-21-12-18(13(2)3)19-16-10-15(11-16)14-6-8-17(20-4)9-7-14/h6-9,13,15-16,18-19H,5,10-12H2,1-4H3. The molecular weight excluding hydrogens is 262 g/mol. The molecule has 0 radical (unpaired) electrons. The minimum absolute atomic E-state index is 0.465. The molecule has 1 N–H and O–H groups in total. The number of nitrogens with one attached hydrogen (secondary N) is 1. The number of benzene rings is 1. The molecule has 1 aliphatic carbocycles. The molecule has 2 rings (SSSR count). The van der Waals surface area contributed by atoms with Crippen LogP contribution in [0.1, 0.15) is 45.1 Å². The number of rotatable bonds is 8. The lowest BCUT2D eigenvalue weighted by molar-refractivity contribution is 0.0943. The molecule has 1 aromatic carbocycles. The quantitative estimate of drug-likeness (QED) is 0.794. The maximum Gasteiger partial charge on any atom is 0.118 e. The van der Waals surface area contributed by atoms with Gasteiger partial charge in [0.15, 0.2) is 0 Å². The van der Waals surface area contributed by atoms with Gasteiger partial charge >= 0.3 is 0 Å². The molecule has 0 amide bonds. The SMILES string of the molecule is CCOCC(NC1CC(c2ccc(OC)cc2)C1)C(C)C. The Balaban J connectivity index is 1.79. The van der Waals surface area contributed by atoms with Crippen molar-refractivity contribution in [3.05, 3.63) is 29.8 Å². The fourth-order valence-electron chi connectivity index (χ4n) is 2.88. The molecule has 0 heterocycles. The maximum atomic E-state index is 5.59. The summed E-state index contributed by atoms with van der Waals surface area (Å²) in [6.07, 6.45) is 2.45. The van der Waals surface area contributed by atoms with E-state index < -0.39 is 0 Å². The van der Waals surface area contributed by atoms with Crippen molar-refractivity contribution in [3.8, 4) is 5.75 Å². The maximum absolute atomic E-state index is 5.59. The summed E-state index contributed by atoms with van der Waals surface area (Å²) in [4.78, 5) is 0. The van der Waals surface area contributed by atoms with Crippen LogP contribution < -0.4 is 10.1 Å². The minimum Gasteiger partial charge on any atom is -0.497 e. The molecule has 0 aromatic heterocycles. The Hall–Kier alpha value is -1.06. The van der Waals surface area contributed by atoms with Crippen molar-refractivity contribution < 1.29 is 9.47 Å². The smallest absolute Gasteiger partial charge is 0.118 e. The molecule has 1 atom stereocenters. The predicted octanol–water partition coefficient (Wildman–Crippen LogP) is 3.59. The van der Waals surface area contributed by atoms with Crippen LogP contribution in [0.2, 0.25) is 0 Å². The van der Waals surface area contributed by atoms with Crippen LogP contribution in [0.4, 0.5) is 0 Å². The van der Waals surface area contributed by atoms with Crippen molar-refractivity contribution in [2.75, 3.05) is 20.3 Å². The molecule has 1 fully saturated rings. The first-order valence-electron chi connectivity index (χ1n) is 8.11. The summed E-state index contributed by atoms with van der Waals surface area (Å²) in [5, 5.41) is 3.76. The van der Waals surface area contributed by atoms with Crippen LogP contribution >= 0.6 is 0 Å². The third-order valence-electron chi connectivity index (χ3n) is 4.48. The second-order valence-corrected chi connectivity index (χ2v) is 6.32. The van der Waals surface area contributed by atoms with E-state index in [1.807, 2.05) is 0 Å². The zero-order valence-corrected chi connectivity index (χ0v) is 13.8. The van der Waals surface area contributed by atoms with Gasteiger partial charge in [0.25, 0.3) is 0 Å². The van der Waals surface area contributed by atoms with Crippen LogP contribution in [0, 0.1) is 5.92 Å². The second-order valence-electron chi connectivity index (χ2n) is 6.32. The summed E-state index contributed by atoms with van der Waals surface area (Å²) in [6, 6.07) is 9.60. The van der Waals surface area contributed by atoms with Crippen molar-refractivity contribution >= 4 is 0 Å². The third kappa shape index (κ3) is 4.45. The Labute approximate surface area is 129 Å². The van der Waals surface area contributed by atoms with Crippen LogP contribution in [0.25, 0.3) is 0 Å². The lowest BCUT2D eigenvalue weighted by Gasteiger charge is -2.39. The van der Waals surface area contributed by atoms with Gasteiger partial charge in [0.1, 0.15) is 5.75 Å². The van der Waals surface area contributed by atoms with E-state index in [1.54, 1.807) is 7.11 Å². The molecule has 1 unspecified atom stereocenters. The zero-order chi connectivity index (χ0) is 15.2. The van der Waals surface area contributed by atoms with Crippen LogP contribution in [-0.4, -0.2) is 32.4 Å². The van der Waals surface area contributed by atoms with Crippen molar-refractivity contribution in [3.63, 3.8) is 0 Å². The summed E-state index contributed by atoms with van der Waals surface area (Å²) < 4.78 is 10.8. The Bertz CT molecular complexity index is 410. The van der Waals surface area contributed by atoms with E-state index in [-0.39, 0.29) is 0 Å². The molecule has 3 nitrogen and oxygen atoms in total. The average Bonchev–Trinajstić information content (AvgIpc) is 2.45. The molecule has 1 saturated carbocycles. The van der Waals surface area contributed by atoms with Crippen molar-refractivity contribution in [2.24, 2.45) is 5.92 Å². The van der Waals surface area contributed by atoms with Crippen LogP contribution in [0.5, 0.6) is 5.75 Å². The van der Waals surface area contributed by atoms with Crippen molar-refractivity contribution in [1.82, 2.24) is 5.32 Å². The molecule has 0 saturated heterocycles. The van der Waals surface area contributed by atoms with Gasteiger partial charge in [0, 0.05) is 18.7 Å². The Morgan fingerprint density at radius 3 is 2.38 bits per heavy atom. The summed E-state index contributed by atoms with van der Waals surface area (Å²) in [6.45, 7) is 8.19. The van der Waals surface area contributed by atoms with Crippen LogP contribution in [-0.2, 0) is 4.74 Å². The Morgan fingerprint density at radius 2 is 1.86 bits per heavy atom. The van der Waals surface area contributed by atoms with E-state index in [9.17, 15) is 0 Å². The number of hydrogen-bond donors (Lipinski definition) is 1. The van der Waals surface area contributed by atoms with Crippen molar-refractivity contribution in [2.45, 2.75) is 51.6 Å². The Morgan fingerprint density at radius 1 is 1.19 bits per heavy atom. The molecule has 0 spiro atoms. The molecule has 1 aliphatic rings. The van der Waals surface area contributed by atoms with Gasteiger partial charge in [0.2, 0.25) is 0 Å². The highest BCUT2D eigenvalue weighted by Gasteiger charge is 2.32. The minimum atomic E-state index is 0.465. The molecule has 3 heteroatoms. The van der Waals surface area contributed by atoms with Gasteiger partial charge in [-0.25, -0.2) is 0 Å². The van der Waals surface area contributed by atoms with E-state index in [2.05, 4.69) is 50.4 Å². The summed E-state index contributed by atoms with van der Waals surface area (Å²) >= 11 is 0. The third-order valence-corrected chi connectivity index (χ3v) is 4.48. The highest BCUT2D eigenvalue weighted by Crippen LogP contribution is 2.37. The monoisotopic (exact) mass is 291 g/mol. The van der Waals surface area contributed by atoms with E-state index in [1.165, 1.54) is 18.4 Å². The molecule has 21 heavy (non-hydrogen) atoms. The van der Waals surface area contributed by atoms with Crippen molar-refractivity contribution in [1.29, 1.82) is 0 Å². The topological polar surface area (TPSA) is 30.5 Å². The van der Waals surface area contributed by atoms with Crippen LogP contribution in [0.15, 0.2) is 24.3 Å². The van der Waals surface area contributed by atoms with Gasteiger partial charge in [-0.1, -0.05) is 26.0 Å². The molecule has 1 aromatic rings. The van der Waals surface area contributed by atoms with E-state index in [4.69, 9.17) is 9.47 Å². The highest BCUT2D eigenvalue weighted by molar-refractivity contribution is 5.30. The van der Waals surface area contributed by atoms with Gasteiger partial charge in [-0.15, -0.1) is 0 Å². The summed E-state index contributed by atoms with van der Waals surface area (Å²) in [7, 11) is 1.71. The molecule has 0 aliphatic heterocycles. The molecule has 118 valence electrons. The van der Waals surface area contributed by atoms with E-state index in [0.717, 1.165) is 19.0 Å². The van der Waals surface area contributed by atoms with E-state index >= 15 is 0 Å². The first-order chi connectivity index (χ1) is 10.1. The predicted molar refractivity (Wildman–Crippen MR) is 87.0 cm³/mol. The average molecular weight is 291 g/mol. The summed E-state index contributed by atoms with van der Waals surface area (Å²) in [5.74, 6) is 2.23. The van der Waals surface area contributed by atoms with Crippen LogP contribution in [0.3, 0.4) is 0 Å². The normalized spacial score (nSPS) is 22.9. The first-order valence-corrected chi connectivity index (χ1v) is 8.11. The zero-order valence-electron chi connectivity index (χ0n) is 13.8. The lowest BCUT2D eigenvalue weighted by Crippen LogP contribution is -2.49. The second kappa shape index (κ2) is 7.81. The lowest BCUT2D eigenvalue weighted by atomic mass is 9.75. The molecular formula is C18H29NO2. The number of ether oxygens (including phenoxy) is 2. The van der Waals surface area contributed by atoms with Gasteiger partial charge in [-0.05, 0) is 49.3 Å². The largest absolute Gasteiger partial charge is 0.497 e. The number of hydrogen-bond acceptors (Lipinski definition) is 3. The van der Waals surface area contributed by atoms with Gasteiger partial charge in [-0.2, -0.15) is 0 Å². The fraction of sp³-hybridized carbons (Fsp3) is 0.667. The fourth-order valence-corrected chi connectivity index (χ4v) is 2.88. The van der Waals surface area contributed by atoms with E-state index in [0.29, 0.717) is 23.9 Å². The first kappa shape index (κ1) is 16.3. The van der Waals surface area contributed by atoms with Gasteiger partial charge in [0.05, 0.1) is 13.7 Å². The molecule has 0 bridgehead atoms. The number of methoxy groups -OCH3 is 1. The Kier molecular flexibility index (Phi) is 6.07. The highest BCUT2D eigenvalue weighted by atomic mass is 16.5. The van der Waals surface area contributed by atoms with Gasteiger partial charge < -0.3 is 14.8 Å². The van der Waals surface area contributed by atoms with Gasteiger partial charge in [-0.3, -0.25) is 0 Å². The summed E-state index contributed by atoms with van der Waals surface area (Å²) in [5.41, 5.74) is 1.43.